The summed E-state index contributed by atoms with van der Waals surface area (Å²) in [6.07, 6.45) is 1.59. The number of halogens is 5. The molecule has 34 heavy (non-hydrogen) atoms. The molecule has 10 heteroatoms. The molecule has 0 unspecified atom stereocenters. The first kappa shape index (κ1) is 25.4. The van der Waals surface area contributed by atoms with Crippen LogP contribution in [0.2, 0.25) is 20.1 Å². The van der Waals surface area contributed by atoms with Crippen LogP contribution in [0.4, 0.5) is 4.79 Å². The van der Waals surface area contributed by atoms with Crippen LogP contribution in [-0.4, -0.2) is 16.0 Å². The van der Waals surface area contributed by atoms with E-state index in [0.717, 1.165) is 27.4 Å². The van der Waals surface area contributed by atoms with Gasteiger partial charge in [-0.3, -0.25) is 14.5 Å². The number of carbonyl (C=O) groups excluding carboxylic acids is 2. The lowest BCUT2D eigenvalue weighted by Crippen LogP contribution is -2.27. The third-order valence-electron chi connectivity index (χ3n) is 4.87. The first-order valence-corrected chi connectivity index (χ1v) is 12.9. The summed E-state index contributed by atoms with van der Waals surface area (Å²) in [5, 5.41) is 1.17. The quantitative estimate of drug-likeness (QED) is 0.259. The molecule has 1 heterocycles. The Balaban J connectivity index is 1.51. The molecule has 4 rings (SSSR count). The standard InChI is InChI=1S/C24H14BrCl4NO3S/c25-17-4-2-1-3-14(17)11-30-23(31)21(34-24(30)32)9-13-7-19(28)22(20(29)8-13)33-12-15-5-6-16(26)10-18(15)27/h1-10H,11-12H2/b21-9-. The summed E-state index contributed by atoms with van der Waals surface area (Å²) in [6, 6.07) is 15.8. The summed E-state index contributed by atoms with van der Waals surface area (Å²) in [5.41, 5.74) is 2.12. The minimum atomic E-state index is -0.379. The fraction of sp³-hybridized carbons (Fsp3) is 0.0833. The molecule has 174 valence electrons. The van der Waals surface area contributed by atoms with Gasteiger partial charge < -0.3 is 4.74 Å². The molecule has 4 nitrogen and oxygen atoms in total. The van der Waals surface area contributed by atoms with Gasteiger partial charge >= 0.3 is 0 Å². The van der Waals surface area contributed by atoms with E-state index < -0.39 is 0 Å². The van der Waals surface area contributed by atoms with E-state index in [4.69, 9.17) is 51.1 Å². The highest BCUT2D eigenvalue weighted by Crippen LogP contribution is 2.38. The number of ether oxygens (including phenoxy) is 1. The van der Waals surface area contributed by atoms with Gasteiger partial charge in [-0.2, -0.15) is 0 Å². The average molecular weight is 618 g/mol. The Morgan fingerprint density at radius 3 is 2.29 bits per heavy atom. The van der Waals surface area contributed by atoms with Crippen molar-refractivity contribution in [2.45, 2.75) is 13.2 Å². The normalized spacial score (nSPS) is 14.9. The number of carbonyl (C=O) groups is 2. The zero-order chi connectivity index (χ0) is 24.4. The largest absolute Gasteiger partial charge is 0.486 e. The number of hydrogen-bond donors (Lipinski definition) is 0. The molecule has 0 atom stereocenters. The monoisotopic (exact) mass is 615 g/mol. The summed E-state index contributed by atoms with van der Waals surface area (Å²) in [5.74, 6) is -0.0933. The molecule has 0 saturated carbocycles. The van der Waals surface area contributed by atoms with Crippen molar-refractivity contribution in [3.63, 3.8) is 0 Å². The van der Waals surface area contributed by atoms with Gasteiger partial charge in [0.15, 0.2) is 5.75 Å². The highest BCUT2D eigenvalue weighted by molar-refractivity contribution is 9.10. The number of hydrogen-bond acceptors (Lipinski definition) is 4. The SMILES string of the molecule is O=C1S/C(=C\c2cc(Cl)c(OCc3ccc(Cl)cc3Cl)c(Cl)c2)C(=O)N1Cc1ccccc1Br. The lowest BCUT2D eigenvalue weighted by atomic mass is 10.2. The first-order valence-electron chi connectivity index (χ1n) is 9.77. The highest BCUT2D eigenvalue weighted by Gasteiger charge is 2.35. The third kappa shape index (κ3) is 5.76. The number of rotatable bonds is 6. The van der Waals surface area contributed by atoms with Crippen molar-refractivity contribution in [2.75, 3.05) is 0 Å². The Kier molecular flexibility index (Phi) is 8.18. The maximum Gasteiger partial charge on any atom is 0.293 e. The summed E-state index contributed by atoms with van der Waals surface area (Å²) < 4.78 is 6.61. The van der Waals surface area contributed by atoms with Crippen LogP contribution in [0.1, 0.15) is 16.7 Å². The molecule has 1 aliphatic heterocycles. The van der Waals surface area contributed by atoms with Gasteiger partial charge in [0.2, 0.25) is 0 Å². The van der Waals surface area contributed by atoms with Crippen molar-refractivity contribution in [3.8, 4) is 5.75 Å². The molecule has 1 aliphatic rings. The maximum atomic E-state index is 12.9. The Morgan fingerprint density at radius 2 is 1.62 bits per heavy atom. The van der Waals surface area contributed by atoms with Crippen LogP contribution >= 0.6 is 74.1 Å². The van der Waals surface area contributed by atoms with Crippen LogP contribution in [0.25, 0.3) is 6.08 Å². The Labute approximate surface area is 228 Å². The summed E-state index contributed by atoms with van der Waals surface area (Å²) >= 11 is 29.2. The summed E-state index contributed by atoms with van der Waals surface area (Å²) in [7, 11) is 0. The minimum Gasteiger partial charge on any atom is -0.486 e. The van der Waals surface area contributed by atoms with Crippen LogP contribution in [0.15, 0.2) is 64.0 Å². The highest BCUT2D eigenvalue weighted by atomic mass is 79.9. The molecule has 2 amide bonds. The second kappa shape index (κ2) is 10.9. The molecule has 1 fully saturated rings. The third-order valence-corrected chi connectivity index (χ3v) is 7.69. The van der Waals surface area contributed by atoms with E-state index in [1.165, 1.54) is 4.90 Å². The molecule has 0 N–H and O–H groups in total. The van der Waals surface area contributed by atoms with E-state index in [-0.39, 0.29) is 45.0 Å². The number of imide groups is 1. The predicted octanol–water partition coefficient (Wildman–Crippen LogP) is 8.88. The smallest absolute Gasteiger partial charge is 0.293 e. The molecule has 0 bridgehead atoms. The summed E-state index contributed by atoms with van der Waals surface area (Å²) in [6.45, 7) is 0.313. The van der Waals surface area contributed by atoms with Gasteiger partial charge in [-0.15, -0.1) is 0 Å². The number of thioether (sulfide) groups is 1. The molecular weight excluding hydrogens is 604 g/mol. The molecular formula is C24H14BrCl4NO3S. The van der Waals surface area contributed by atoms with E-state index in [1.807, 2.05) is 24.3 Å². The number of benzene rings is 3. The van der Waals surface area contributed by atoms with Crippen molar-refractivity contribution in [2.24, 2.45) is 0 Å². The lowest BCUT2D eigenvalue weighted by Gasteiger charge is -2.13. The van der Waals surface area contributed by atoms with Gasteiger partial charge in [0.25, 0.3) is 11.1 Å². The van der Waals surface area contributed by atoms with Crippen LogP contribution in [0.5, 0.6) is 5.75 Å². The van der Waals surface area contributed by atoms with Gasteiger partial charge in [0, 0.05) is 20.1 Å². The van der Waals surface area contributed by atoms with Crippen molar-refractivity contribution in [1.29, 1.82) is 0 Å². The van der Waals surface area contributed by atoms with Crippen LogP contribution in [0, 0.1) is 0 Å². The lowest BCUT2D eigenvalue weighted by molar-refractivity contribution is -0.123. The molecule has 0 aliphatic carbocycles. The minimum absolute atomic E-state index is 0.142. The van der Waals surface area contributed by atoms with Crippen LogP contribution in [-0.2, 0) is 17.9 Å². The summed E-state index contributed by atoms with van der Waals surface area (Å²) in [4.78, 5) is 26.8. The molecule has 0 spiro atoms. The Hall–Kier alpha value is -1.67. The molecule has 0 aromatic heterocycles. The van der Waals surface area contributed by atoms with Crippen LogP contribution < -0.4 is 4.74 Å². The molecule has 3 aromatic rings. The molecule has 0 radical (unpaired) electrons. The van der Waals surface area contributed by atoms with Gasteiger partial charge in [-0.1, -0.05) is 86.6 Å². The zero-order valence-corrected chi connectivity index (χ0v) is 22.6. The van der Waals surface area contributed by atoms with E-state index in [9.17, 15) is 9.59 Å². The molecule has 1 saturated heterocycles. The van der Waals surface area contributed by atoms with E-state index >= 15 is 0 Å². The van der Waals surface area contributed by atoms with E-state index in [1.54, 1.807) is 36.4 Å². The Morgan fingerprint density at radius 1 is 0.912 bits per heavy atom. The fourth-order valence-electron chi connectivity index (χ4n) is 3.17. The maximum absolute atomic E-state index is 12.9. The Bertz CT molecular complexity index is 1310. The van der Waals surface area contributed by atoms with Crippen molar-refractivity contribution < 1.29 is 14.3 Å². The number of nitrogens with zero attached hydrogens (tertiary/aromatic N) is 1. The van der Waals surface area contributed by atoms with Gasteiger partial charge in [-0.25, -0.2) is 0 Å². The second-order valence-corrected chi connectivity index (χ2v) is 10.7. The van der Waals surface area contributed by atoms with Crippen molar-refractivity contribution in [1.82, 2.24) is 4.90 Å². The van der Waals surface area contributed by atoms with Gasteiger partial charge in [-0.05, 0) is 59.3 Å². The van der Waals surface area contributed by atoms with Crippen molar-refractivity contribution in [3.05, 3.63) is 101 Å². The van der Waals surface area contributed by atoms with E-state index in [2.05, 4.69) is 15.9 Å². The zero-order valence-electron chi connectivity index (χ0n) is 17.2. The predicted molar refractivity (Wildman–Crippen MR) is 143 cm³/mol. The van der Waals surface area contributed by atoms with Crippen LogP contribution in [0.3, 0.4) is 0 Å². The fourth-order valence-corrected chi connectivity index (χ4v) is 5.50. The van der Waals surface area contributed by atoms with Gasteiger partial charge in [0.1, 0.15) is 6.61 Å². The van der Waals surface area contributed by atoms with Crippen molar-refractivity contribution >= 4 is 91.3 Å². The van der Waals surface area contributed by atoms with Gasteiger partial charge in [0.05, 0.1) is 21.5 Å². The first-order chi connectivity index (χ1) is 16.2. The van der Waals surface area contributed by atoms with E-state index in [0.29, 0.717) is 15.6 Å². The topological polar surface area (TPSA) is 46.6 Å². The average Bonchev–Trinajstić information content (AvgIpc) is 3.03. The molecule has 3 aromatic carbocycles. The second-order valence-electron chi connectivity index (χ2n) is 7.20. The number of amides is 2.